The summed E-state index contributed by atoms with van der Waals surface area (Å²) >= 11 is 0. The summed E-state index contributed by atoms with van der Waals surface area (Å²) in [5.41, 5.74) is 4.69. The molecule has 3 rings (SSSR count). The Hall–Kier alpha value is -2.82. The molecule has 0 bridgehead atoms. The van der Waals surface area contributed by atoms with Crippen molar-refractivity contribution in [1.29, 1.82) is 0 Å². The Labute approximate surface area is 160 Å². The van der Waals surface area contributed by atoms with Crippen molar-refractivity contribution in [2.24, 2.45) is 0 Å². The smallest absolute Gasteiger partial charge is 0.251 e. The molecule has 1 heterocycles. The zero-order chi connectivity index (χ0) is 19.2. The average Bonchev–Trinajstić information content (AvgIpc) is 2.69. The monoisotopic (exact) mass is 365 g/mol. The van der Waals surface area contributed by atoms with Gasteiger partial charge in [-0.05, 0) is 80.6 Å². The predicted octanol–water partition coefficient (Wildman–Crippen LogP) is 3.66. The first-order valence-corrected chi connectivity index (χ1v) is 9.53. The molecule has 0 aromatic heterocycles. The highest BCUT2D eigenvalue weighted by Crippen LogP contribution is 2.21. The molecule has 2 aromatic carbocycles. The second-order valence-electron chi connectivity index (χ2n) is 7.12. The van der Waals surface area contributed by atoms with E-state index in [1.165, 1.54) is 24.9 Å². The largest absolute Gasteiger partial charge is 0.372 e. The fourth-order valence-corrected chi connectivity index (χ4v) is 3.26. The summed E-state index contributed by atoms with van der Waals surface area (Å²) in [5.74, 6) is -0.480. The van der Waals surface area contributed by atoms with E-state index in [-0.39, 0.29) is 18.4 Å². The number of hydrogen-bond acceptors (Lipinski definition) is 3. The number of carbonyl (C=O) groups is 2. The molecule has 27 heavy (non-hydrogen) atoms. The van der Waals surface area contributed by atoms with Gasteiger partial charge in [0.1, 0.15) is 0 Å². The lowest BCUT2D eigenvalue weighted by Crippen LogP contribution is -2.33. The number of carbonyl (C=O) groups excluding carboxylic acids is 2. The van der Waals surface area contributed by atoms with Gasteiger partial charge in [-0.15, -0.1) is 0 Å². The van der Waals surface area contributed by atoms with Gasteiger partial charge in [0.05, 0.1) is 6.54 Å². The number of nitrogens with one attached hydrogen (secondary N) is 2. The molecule has 5 nitrogen and oxygen atoms in total. The van der Waals surface area contributed by atoms with Gasteiger partial charge in [-0.1, -0.05) is 6.07 Å². The van der Waals surface area contributed by atoms with Crippen LogP contribution in [0, 0.1) is 13.8 Å². The summed E-state index contributed by atoms with van der Waals surface area (Å²) in [6.07, 6.45) is 3.77. The molecule has 0 saturated carbocycles. The van der Waals surface area contributed by atoms with Crippen LogP contribution >= 0.6 is 0 Å². The van der Waals surface area contributed by atoms with Crippen molar-refractivity contribution in [3.8, 4) is 0 Å². The van der Waals surface area contributed by atoms with Gasteiger partial charge >= 0.3 is 0 Å². The quantitative estimate of drug-likeness (QED) is 0.850. The first kappa shape index (κ1) is 19.0. The lowest BCUT2D eigenvalue weighted by atomic mass is 10.1. The van der Waals surface area contributed by atoms with Crippen molar-refractivity contribution in [3.05, 3.63) is 59.2 Å². The standard InChI is InChI=1S/C22H27N3O2/c1-16-6-7-18(14-17(16)2)22(27)23-15-21(26)24-19-8-10-20(11-9-19)25-12-4-3-5-13-25/h6-11,14H,3-5,12-13,15H2,1-2H3,(H,23,27)(H,24,26). The predicted molar refractivity (Wildman–Crippen MR) is 109 cm³/mol. The van der Waals surface area contributed by atoms with Crippen molar-refractivity contribution in [1.82, 2.24) is 5.32 Å². The fourth-order valence-electron chi connectivity index (χ4n) is 3.26. The van der Waals surface area contributed by atoms with Gasteiger partial charge in [-0.25, -0.2) is 0 Å². The second-order valence-corrected chi connectivity index (χ2v) is 7.12. The summed E-state index contributed by atoms with van der Waals surface area (Å²) in [6, 6.07) is 13.4. The third-order valence-electron chi connectivity index (χ3n) is 5.05. The fraction of sp³-hybridized carbons (Fsp3) is 0.364. The topological polar surface area (TPSA) is 61.4 Å². The molecule has 0 radical (unpaired) electrons. The van der Waals surface area contributed by atoms with Crippen LogP contribution in [0.15, 0.2) is 42.5 Å². The van der Waals surface area contributed by atoms with Gasteiger partial charge in [0.2, 0.25) is 5.91 Å². The van der Waals surface area contributed by atoms with Crippen LogP contribution in [-0.4, -0.2) is 31.4 Å². The highest BCUT2D eigenvalue weighted by Gasteiger charge is 2.12. The first-order chi connectivity index (χ1) is 13.0. The van der Waals surface area contributed by atoms with Crippen LogP contribution < -0.4 is 15.5 Å². The third-order valence-corrected chi connectivity index (χ3v) is 5.05. The van der Waals surface area contributed by atoms with Crippen molar-refractivity contribution >= 4 is 23.2 Å². The van der Waals surface area contributed by atoms with Crippen LogP contribution in [0.3, 0.4) is 0 Å². The highest BCUT2D eigenvalue weighted by atomic mass is 16.2. The number of piperidine rings is 1. The molecule has 0 aliphatic carbocycles. The second kappa shape index (κ2) is 8.71. The van der Waals surface area contributed by atoms with E-state index in [0.29, 0.717) is 5.56 Å². The van der Waals surface area contributed by atoms with E-state index in [9.17, 15) is 9.59 Å². The molecule has 1 fully saturated rings. The number of anilines is 2. The number of amides is 2. The lowest BCUT2D eigenvalue weighted by molar-refractivity contribution is -0.115. The summed E-state index contributed by atoms with van der Waals surface area (Å²) in [7, 11) is 0. The molecule has 0 atom stereocenters. The van der Waals surface area contributed by atoms with E-state index >= 15 is 0 Å². The Kier molecular flexibility index (Phi) is 6.12. The maximum Gasteiger partial charge on any atom is 0.251 e. The van der Waals surface area contributed by atoms with E-state index in [4.69, 9.17) is 0 Å². The van der Waals surface area contributed by atoms with E-state index < -0.39 is 0 Å². The van der Waals surface area contributed by atoms with E-state index in [0.717, 1.165) is 29.9 Å². The number of hydrogen-bond donors (Lipinski definition) is 2. The molecule has 0 spiro atoms. The Bertz CT molecular complexity index is 809. The van der Waals surface area contributed by atoms with Crippen molar-refractivity contribution in [3.63, 3.8) is 0 Å². The SMILES string of the molecule is Cc1ccc(C(=O)NCC(=O)Nc2ccc(N3CCCCC3)cc2)cc1C. The molecule has 2 amide bonds. The molecule has 1 aliphatic heterocycles. The lowest BCUT2D eigenvalue weighted by Gasteiger charge is -2.28. The van der Waals surface area contributed by atoms with Crippen LogP contribution in [0.25, 0.3) is 0 Å². The van der Waals surface area contributed by atoms with Gasteiger partial charge in [0.25, 0.3) is 5.91 Å². The van der Waals surface area contributed by atoms with Crippen molar-refractivity contribution in [2.75, 3.05) is 29.9 Å². The number of rotatable bonds is 5. The molecule has 142 valence electrons. The van der Waals surface area contributed by atoms with Gasteiger partial charge in [-0.2, -0.15) is 0 Å². The van der Waals surface area contributed by atoms with Gasteiger partial charge < -0.3 is 15.5 Å². The Balaban J connectivity index is 1.50. The third kappa shape index (κ3) is 5.09. The summed E-state index contributed by atoms with van der Waals surface area (Å²) < 4.78 is 0. The molecular weight excluding hydrogens is 338 g/mol. The van der Waals surface area contributed by atoms with Gasteiger partial charge in [-0.3, -0.25) is 9.59 Å². The zero-order valence-electron chi connectivity index (χ0n) is 16.0. The summed E-state index contributed by atoms with van der Waals surface area (Å²) in [5, 5.41) is 5.50. The normalized spacial score (nSPS) is 13.9. The Morgan fingerprint density at radius 2 is 1.63 bits per heavy atom. The number of aryl methyl sites for hydroxylation is 2. The van der Waals surface area contributed by atoms with Crippen LogP contribution in [0.1, 0.15) is 40.7 Å². The first-order valence-electron chi connectivity index (χ1n) is 9.53. The Morgan fingerprint density at radius 1 is 0.926 bits per heavy atom. The van der Waals surface area contributed by atoms with Gasteiger partial charge in [0, 0.05) is 30.0 Å². The number of nitrogens with zero attached hydrogens (tertiary/aromatic N) is 1. The van der Waals surface area contributed by atoms with E-state index in [2.05, 4.69) is 15.5 Å². The summed E-state index contributed by atoms with van der Waals surface area (Å²) in [6.45, 7) is 6.10. The van der Waals surface area contributed by atoms with E-state index in [1.807, 2.05) is 50.2 Å². The Morgan fingerprint density at radius 3 is 2.30 bits per heavy atom. The van der Waals surface area contributed by atoms with Crippen LogP contribution in [0.4, 0.5) is 11.4 Å². The molecule has 0 unspecified atom stereocenters. The maximum absolute atomic E-state index is 12.2. The molecule has 1 aliphatic rings. The van der Waals surface area contributed by atoms with E-state index in [1.54, 1.807) is 6.07 Å². The molecule has 2 N–H and O–H groups in total. The van der Waals surface area contributed by atoms with Crippen molar-refractivity contribution < 1.29 is 9.59 Å². The van der Waals surface area contributed by atoms with Crippen LogP contribution in [-0.2, 0) is 4.79 Å². The van der Waals surface area contributed by atoms with Crippen LogP contribution in [0.5, 0.6) is 0 Å². The minimum Gasteiger partial charge on any atom is -0.372 e. The van der Waals surface area contributed by atoms with Crippen LogP contribution in [0.2, 0.25) is 0 Å². The maximum atomic E-state index is 12.2. The molecule has 5 heteroatoms. The minimum atomic E-state index is -0.242. The molecule has 2 aromatic rings. The molecular formula is C22H27N3O2. The average molecular weight is 365 g/mol. The van der Waals surface area contributed by atoms with Gasteiger partial charge in [0.15, 0.2) is 0 Å². The highest BCUT2D eigenvalue weighted by molar-refractivity contribution is 5.99. The minimum absolute atomic E-state index is 0.0559. The molecule has 1 saturated heterocycles. The zero-order valence-corrected chi connectivity index (χ0v) is 16.0. The van der Waals surface area contributed by atoms with Crippen molar-refractivity contribution in [2.45, 2.75) is 33.1 Å². The summed E-state index contributed by atoms with van der Waals surface area (Å²) in [4.78, 5) is 26.7. The number of benzene rings is 2.